The van der Waals surface area contributed by atoms with Crippen molar-refractivity contribution in [3.05, 3.63) is 34.3 Å². The maximum atomic E-state index is 5.49. The van der Waals surface area contributed by atoms with Crippen molar-refractivity contribution in [3.63, 3.8) is 0 Å². The Kier molecular flexibility index (Phi) is 6.59. The Balaban J connectivity index is 0.00000180. The number of hydrogen-bond donors (Lipinski definition) is 2. The minimum Gasteiger partial charge on any atom is -0.370 e. The van der Waals surface area contributed by atoms with Crippen LogP contribution in [0.1, 0.15) is 37.7 Å². The van der Waals surface area contributed by atoms with Crippen molar-refractivity contribution in [2.45, 2.75) is 37.5 Å². The van der Waals surface area contributed by atoms with E-state index >= 15 is 0 Å². The summed E-state index contributed by atoms with van der Waals surface area (Å²) < 4.78 is 1.12. The van der Waals surface area contributed by atoms with Crippen LogP contribution in [0.15, 0.2) is 33.7 Å². The lowest BCUT2D eigenvalue weighted by molar-refractivity contribution is 0.301. The van der Waals surface area contributed by atoms with E-state index < -0.39 is 0 Å². The molecule has 0 bridgehead atoms. The van der Waals surface area contributed by atoms with Gasteiger partial charge in [-0.15, -0.1) is 24.0 Å². The van der Waals surface area contributed by atoms with Gasteiger partial charge in [-0.3, -0.25) is 4.99 Å². The van der Waals surface area contributed by atoms with E-state index in [0.29, 0.717) is 6.54 Å². The van der Waals surface area contributed by atoms with Gasteiger partial charge in [-0.05, 0) is 30.5 Å². The van der Waals surface area contributed by atoms with E-state index in [0.717, 1.165) is 4.47 Å². The second-order valence-corrected chi connectivity index (χ2v) is 6.01. The van der Waals surface area contributed by atoms with Crippen LogP contribution in [0.2, 0.25) is 0 Å². The minimum atomic E-state index is 0. The number of nitrogens with zero attached hydrogens (tertiary/aromatic N) is 1. The van der Waals surface area contributed by atoms with Crippen molar-refractivity contribution in [2.24, 2.45) is 16.5 Å². The van der Waals surface area contributed by atoms with Gasteiger partial charge in [-0.2, -0.15) is 0 Å². The maximum absolute atomic E-state index is 5.49. The van der Waals surface area contributed by atoms with Gasteiger partial charge in [0.05, 0.1) is 6.54 Å². The van der Waals surface area contributed by atoms with E-state index in [2.05, 4.69) is 45.2 Å². The standard InChI is InChI=1S/C14H20BrN3.HI/c15-12-6-4-5-11(9-12)14(10-18-13(16)17)7-2-1-3-8-14;/h4-6,9H,1-3,7-8,10H2,(H4,16,17,18);1H. The van der Waals surface area contributed by atoms with E-state index in [1.54, 1.807) is 0 Å². The van der Waals surface area contributed by atoms with Crippen LogP contribution in [-0.2, 0) is 5.41 Å². The van der Waals surface area contributed by atoms with Gasteiger partial charge in [0.1, 0.15) is 0 Å². The molecule has 19 heavy (non-hydrogen) atoms. The summed E-state index contributed by atoms with van der Waals surface area (Å²) >= 11 is 3.55. The van der Waals surface area contributed by atoms with Crippen molar-refractivity contribution < 1.29 is 0 Å². The Hall–Kier alpha value is -0.300. The van der Waals surface area contributed by atoms with Gasteiger partial charge in [0.25, 0.3) is 0 Å². The Bertz CT molecular complexity index is 438. The largest absolute Gasteiger partial charge is 0.370 e. The Morgan fingerprint density at radius 2 is 1.89 bits per heavy atom. The molecule has 0 spiro atoms. The van der Waals surface area contributed by atoms with Gasteiger partial charge in [0.2, 0.25) is 0 Å². The maximum Gasteiger partial charge on any atom is 0.185 e. The molecule has 5 heteroatoms. The third kappa shape index (κ3) is 4.34. The quantitative estimate of drug-likeness (QED) is 0.431. The molecule has 0 unspecified atom stereocenters. The second kappa shape index (κ2) is 7.47. The molecule has 0 heterocycles. The first-order valence-corrected chi connectivity index (χ1v) is 7.23. The molecule has 4 N–H and O–H groups in total. The van der Waals surface area contributed by atoms with Gasteiger partial charge < -0.3 is 11.5 Å². The molecule has 1 aliphatic carbocycles. The highest BCUT2D eigenvalue weighted by molar-refractivity contribution is 14.0. The zero-order chi connectivity index (χ0) is 13.0. The Labute approximate surface area is 140 Å². The van der Waals surface area contributed by atoms with Gasteiger partial charge in [-0.25, -0.2) is 0 Å². The molecular formula is C14H21BrIN3. The topological polar surface area (TPSA) is 64.4 Å². The summed E-state index contributed by atoms with van der Waals surface area (Å²) in [6.07, 6.45) is 6.16. The number of nitrogens with two attached hydrogens (primary N) is 2. The summed E-state index contributed by atoms with van der Waals surface area (Å²) in [6, 6.07) is 8.54. The molecule has 0 saturated heterocycles. The molecule has 0 aliphatic heterocycles. The first-order valence-electron chi connectivity index (χ1n) is 6.44. The fourth-order valence-electron chi connectivity index (χ4n) is 2.83. The van der Waals surface area contributed by atoms with Crippen LogP contribution in [-0.4, -0.2) is 12.5 Å². The van der Waals surface area contributed by atoms with Crippen molar-refractivity contribution in [2.75, 3.05) is 6.54 Å². The summed E-state index contributed by atoms with van der Waals surface area (Å²) in [5.41, 5.74) is 12.5. The molecule has 0 atom stereocenters. The minimum absolute atomic E-state index is 0. The van der Waals surface area contributed by atoms with E-state index in [1.165, 1.54) is 37.7 Å². The van der Waals surface area contributed by atoms with Gasteiger partial charge in [-0.1, -0.05) is 47.3 Å². The lowest BCUT2D eigenvalue weighted by Gasteiger charge is -2.36. The molecule has 2 rings (SSSR count). The predicted octanol–water partition coefficient (Wildman–Crippen LogP) is 3.54. The second-order valence-electron chi connectivity index (χ2n) is 5.09. The monoisotopic (exact) mass is 437 g/mol. The van der Waals surface area contributed by atoms with Crippen LogP contribution in [0.25, 0.3) is 0 Å². The average Bonchev–Trinajstić information content (AvgIpc) is 2.37. The highest BCUT2D eigenvalue weighted by Gasteiger charge is 2.33. The number of halogens is 2. The zero-order valence-electron chi connectivity index (χ0n) is 10.9. The van der Waals surface area contributed by atoms with E-state index in [-0.39, 0.29) is 35.4 Å². The molecule has 1 fully saturated rings. The number of aliphatic imine (C=N–C) groups is 1. The van der Waals surface area contributed by atoms with Crippen LogP contribution in [0.5, 0.6) is 0 Å². The van der Waals surface area contributed by atoms with Gasteiger partial charge in [0, 0.05) is 9.89 Å². The van der Waals surface area contributed by atoms with Crippen LogP contribution >= 0.6 is 39.9 Å². The molecule has 3 nitrogen and oxygen atoms in total. The SMILES string of the molecule is I.NC(N)=NCC1(c2cccc(Br)c2)CCCCC1. The van der Waals surface area contributed by atoms with Crippen molar-refractivity contribution in [1.82, 2.24) is 0 Å². The normalized spacial score (nSPS) is 17.3. The predicted molar refractivity (Wildman–Crippen MR) is 95.0 cm³/mol. The van der Waals surface area contributed by atoms with Crippen molar-refractivity contribution >= 4 is 45.9 Å². The average molecular weight is 438 g/mol. The lowest BCUT2D eigenvalue weighted by atomic mass is 9.69. The zero-order valence-corrected chi connectivity index (χ0v) is 14.9. The van der Waals surface area contributed by atoms with E-state index in [9.17, 15) is 0 Å². The van der Waals surface area contributed by atoms with E-state index in [4.69, 9.17) is 11.5 Å². The molecule has 1 aliphatic rings. The lowest BCUT2D eigenvalue weighted by Crippen LogP contribution is -2.34. The molecular weight excluding hydrogens is 417 g/mol. The van der Waals surface area contributed by atoms with Crippen molar-refractivity contribution in [3.8, 4) is 0 Å². The molecule has 1 aromatic carbocycles. The highest BCUT2D eigenvalue weighted by Crippen LogP contribution is 2.40. The summed E-state index contributed by atoms with van der Waals surface area (Å²) in [6.45, 7) is 0.700. The molecule has 0 radical (unpaired) electrons. The summed E-state index contributed by atoms with van der Waals surface area (Å²) in [4.78, 5) is 4.28. The number of benzene rings is 1. The smallest absolute Gasteiger partial charge is 0.185 e. The Morgan fingerprint density at radius 3 is 2.47 bits per heavy atom. The van der Waals surface area contributed by atoms with Crippen LogP contribution in [0.3, 0.4) is 0 Å². The number of hydrogen-bond acceptors (Lipinski definition) is 1. The Morgan fingerprint density at radius 1 is 1.21 bits per heavy atom. The molecule has 0 aromatic heterocycles. The van der Waals surface area contributed by atoms with Gasteiger partial charge >= 0.3 is 0 Å². The highest BCUT2D eigenvalue weighted by atomic mass is 127. The summed E-state index contributed by atoms with van der Waals surface area (Å²) in [5, 5.41) is 0. The molecule has 1 aromatic rings. The molecule has 0 amide bonds. The third-order valence-electron chi connectivity index (χ3n) is 3.81. The fourth-order valence-corrected chi connectivity index (χ4v) is 3.23. The van der Waals surface area contributed by atoms with Crippen LogP contribution < -0.4 is 11.5 Å². The van der Waals surface area contributed by atoms with Crippen LogP contribution in [0.4, 0.5) is 0 Å². The molecule has 1 saturated carbocycles. The van der Waals surface area contributed by atoms with Crippen LogP contribution in [0, 0.1) is 0 Å². The summed E-state index contributed by atoms with van der Waals surface area (Å²) in [7, 11) is 0. The number of rotatable bonds is 3. The van der Waals surface area contributed by atoms with Gasteiger partial charge in [0.15, 0.2) is 5.96 Å². The van der Waals surface area contributed by atoms with E-state index in [1.807, 2.05) is 0 Å². The molecule has 106 valence electrons. The fraction of sp³-hybridized carbons (Fsp3) is 0.500. The summed E-state index contributed by atoms with van der Waals surface area (Å²) in [5.74, 6) is 0.190. The third-order valence-corrected chi connectivity index (χ3v) is 4.31. The number of guanidine groups is 1. The first kappa shape index (κ1) is 16.8. The first-order chi connectivity index (χ1) is 8.62. The van der Waals surface area contributed by atoms with Crippen molar-refractivity contribution in [1.29, 1.82) is 0 Å².